The third-order valence-corrected chi connectivity index (χ3v) is 2.89. The molecule has 1 aromatic rings. The van der Waals surface area contributed by atoms with E-state index in [1.807, 2.05) is 0 Å². The summed E-state index contributed by atoms with van der Waals surface area (Å²) in [6.45, 7) is 3.54. The van der Waals surface area contributed by atoms with E-state index in [0.717, 1.165) is 4.90 Å². The number of benzene rings is 1. The number of rotatable bonds is 5. The number of carbonyl (C=O) groups excluding carboxylic acids is 3. The summed E-state index contributed by atoms with van der Waals surface area (Å²) in [4.78, 5) is 35.6. The Hall–Kier alpha value is -2.90. The van der Waals surface area contributed by atoms with Crippen molar-refractivity contribution in [2.75, 3.05) is 23.5 Å². The SMILES string of the molecule is CCOC(=O)/C(C)=N\Nc1ccc(N2C(=O)CNC2=O)cc1. The Morgan fingerprint density at radius 1 is 1.36 bits per heavy atom. The summed E-state index contributed by atoms with van der Waals surface area (Å²) in [6, 6.07) is 6.08. The maximum absolute atomic E-state index is 11.6. The molecule has 1 fully saturated rings. The van der Waals surface area contributed by atoms with E-state index in [1.165, 1.54) is 6.92 Å². The van der Waals surface area contributed by atoms with Crippen LogP contribution in [0.25, 0.3) is 0 Å². The molecule has 0 saturated carbocycles. The monoisotopic (exact) mass is 304 g/mol. The van der Waals surface area contributed by atoms with Crippen LogP contribution >= 0.6 is 0 Å². The van der Waals surface area contributed by atoms with Crippen molar-refractivity contribution in [3.8, 4) is 0 Å². The number of hydrazone groups is 1. The number of ether oxygens (including phenoxy) is 1. The van der Waals surface area contributed by atoms with Gasteiger partial charge in [-0.05, 0) is 38.1 Å². The molecule has 8 nitrogen and oxygen atoms in total. The summed E-state index contributed by atoms with van der Waals surface area (Å²) in [7, 11) is 0. The molecule has 2 N–H and O–H groups in total. The van der Waals surface area contributed by atoms with Gasteiger partial charge in [0.1, 0.15) is 5.71 Å². The highest BCUT2D eigenvalue weighted by Crippen LogP contribution is 2.20. The molecule has 0 radical (unpaired) electrons. The van der Waals surface area contributed by atoms with Gasteiger partial charge < -0.3 is 10.1 Å². The number of nitrogens with zero attached hydrogens (tertiary/aromatic N) is 2. The predicted molar refractivity (Wildman–Crippen MR) is 80.7 cm³/mol. The smallest absolute Gasteiger partial charge is 0.354 e. The minimum absolute atomic E-state index is 0.00185. The second-order valence-corrected chi connectivity index (χ2v) is 4.46. The van der Waals surface area contributed by atoms with E-state index in [4.69, 9.17) is 4.74 Å². The van der Waals surface area contributed by atoms with E-state index < -0.39 is 12.0 Å². The van der Waals surface area contributed by atoms with E-state index in [0.29, 0.717) is 11.4 Å². The van der Waals surface area contributed by atoms with Crippen molar-refractivity contribution in [2.24, 2.45) is 5.10 Å². The summed E-state index contributed by atoms with van der Waals surface area (Å²) in [5.74, 6) is -0.798. The van der Waals surface area contributed by atoms with Crippen molar-refractivity contribution >= 4 is 35.0 Å². The first-order valence-corrected chi connectivity index (χ1v) is 6.71. The Morgan fingerprint density at radius 2 is 2.05 bits per heavy atom. The van der Waals surface area contributed by atoms with Crippen LogP contribution in [0.3, 0.4) is 0 Å². The number of anilines is 2. The van der Waals surface area contributed by atoms with Crippen LogP contribution < -0.4 is 15.6 Å². The van der Waals surface area contributed by atoms with Crippen molar-refractivity contribution < 1.29 is 19.1 Å². The van der Waals surface area contributed by atoms with E-state index in [1.54, 1.807) is 31.2 Å². The summed E-state index contributed by atoms with van der Waals surface area (Å²) in [5.41, 5.74) is 3.98. The molecule has 3 amide bonds. The van der Waals surface area contributed by atoms with Crippen molar-refractivity contribution in [3.63, 3.8) is 0 Å². The topological polar surface area (TPSA) is 100 Å². The predicted octanol–water partition coefficient (Wildman–Crippen LogP) is 1.09. The van der Waals surface area contributed by atoms with Gasteiger partial charge in [0.2, 0.25) is 0 Å². The van der Waals surface area contributed by atoms with Gasteiger partial charge in [-0.3, -0.25) is 10.2 Å². The average molecular weight is 304 g/mol. The quantitative estimate of drug-likeness (QED) is 0.367. The zero-order valence-corrected chi connectivity index (χ0v) is 12.3. The fourth-order valence-corrected chi connectivity index (χ4v) is 1.80. The molecule has 1 heterocycles. The van der Waals surface area contributed by atoms with Crippen LogP contribution in [-0.4, -0.2) is 36.8 Å². The molecule has 0 aliphatic carbocycles. The molecule has 1 aromatic carbocycles. The lowest BCUT2D eigenvalue weighted by atomic mass is 10.2. The van der Waals surface area contributed by atoms with Gasteiger partial charge in [0.25, 0.3) is 5.91 Å². The Kier molecular flexibility index (Phi) is 4.72. The number of amides is 3. The number of nitrogens with one attached hydrogen (secondary N) is 2. The van der Waals surface area contributed by atoms with E-state index in [9.17, 15) is 14.4 Å². The van der Waals surface area contributed by atoms with Gasteiger partial charge in [0, 0.05) is 0 Å². The molecule has 2 rings (SSSR count). The number of esters is 1. The Morgan fingerprint density at radius 3 is 2.59 bits per heavy atom. The normalized spacial score (nSPS) is 14.8. The van der Waals surface area contributed by atoms with Crippen LogP contribution in [0.15, 0.2) is 29.4 Å². The number of imide groups is 1. The zero-order valence-electron chi connectivity index (χ0n) is 12.3. The first-order valence-electron chi connectivity index (χ1n) is 6.71. The van der Waals surface area contributed by atoms with Crippen molar-refractivity contribution in [1.82, 2.24) is 5.32 Å². The molecule has 0 bridgehead atoms. The highest BCUT2D eigenvalue weighted by atomic mass is 16.5. The second-order valence-electron chi connectivity index (χ2n) is 4.46. The maximum atomic E-state index is 11.6. The first kappa shape index (κ1) is 15.5. The molecule has 0 unspecified atom stereocenters. The number of carbonyl (C=O) groups is 3. The largest absolute Gasteiger partial charge is 0.461 e. The van der Waals surface area contributed by atoms with Crippen molar-refractivity contribution in [2.45, 2.75) is 13.8 Å². The average Bonchev–Trinajstić information content (AvgIpc) is 2.85. The number of urea groups is 1. The van der Waals surface area contributed by atoms with Crippen LogP contribution in [0.4, 0.5) is 16.2 Å². The fraction of sp³-hybridized carbons (Fsp3) is 0.286. The molecular formula is C14H16N4O4. The molecule has 1 aliphatic rings. The summed E-state index contributed by atoms with van der Waals surface area (Å²) in [6.07, 6.45) is 0. The van der Waals surface area contributed by atoms with Crippen LogP contribution in [0.2, 0.25) is 0 Å². The minimum Gasteiger partial charge on any atom is -0.461 e. The van der Waals surface area contributed by atoms with Gasteiger partial charge in [-0.2, -0.15) is 5.10 Å². The lowest BCUT2D eigenvalue weighted by Gasteiger charge is -2.12. The molecule has 116 valence electrons. The molecule has 22 heavy (non-hydrogen) atoms. The molecule has 1 aliphatic heterocycles. The molecule has 0 aromatic heterocycles. The Labute approximate surface area is 127 Å². The van der Waals surface area contributed by atoms with E-state index in [2.05, 4.69) is 15.8 Å². The maximum Gasteiger partial charge on any atom is 0.354 e. The Bertz CT molecular complexity index is 608. The molecule has 0 atom stereocenters. The van der Waals surface area contributed by atoms with Gasteiger partial charge in [-0.1, -0.05) is 0 Å². The van der Waals surface area contributed by atoms with Crippen LogP contribution in [0, 0.1) is 0 Å². The van der Waals surface area contributed by atoms with E-state index >= 15 is 0 Å². The van der Waals surface area contributed by atoms with Crippen molar-refractivity contribution in [1.29, 1.82) is 0 Å². The second kappa shape index (κ2) is 6.70. The minimum atomic E-state index is -0.494. The lowest BCUT2D eigenvalue weighted by Crippen LogP contribution is -2.30. The first-order chi connectivity index (χ1) is 10.5. The van der Waals surface area contributed by atoms with Gasteiger partial charge in [-0.25, -0.2) is 14.5 Å². The van der Waals surface area contributed by atoms with Crippen LogP contribution in [-0.2, 0) is 14.3 Å². The fourth-order valence-electron chi connectivity index (χ4n) is 1.80. The molecular weight excluding hydrogens is 288 g/mol. The number of hydrogen-bond acceptors (Lipinski definition) is 6. The number of hydrogen-bond donors (Lipinski definition) is 2. The summed E-state index contributed by atoms with van der Waals surface area (Å²) >= 11 is 0. The third-order valence-electron chi connectivity index (χ3n) is 2.89. The van der Waals surface area contributed by atoms with Crippen LogP contribution in [0.5, 0.6) is 0 Å². The van der Waals surface area contributed by atoms with Crippen molar-refractivity contribution in [3.05, 3.63) is 24.3 Å². The van der Waals surface area contributed by atoms with E-state index in [-0.39, 0.29) is 24.8 Å². The molecule has 1 saturated heterocycles. The van der Waals surface area contributed by atoms with Crippen LogP contribution in [0.1, 0.15) is 13.8 Å². The highest BCUT2D eigenvalue weighted by Gasteiger charge is 2.29. The highest BCUT2D eigenvalue weighted by molar-refractivity contribution is 6.35. The molecule has 0 spiro atoms. The lowest BCUT2D eigenvalue weighted by molar-refractivity contribution is -0.135. The zero-order chi connectivity index (χ0) is 16.1. The third kappa shape index (κ3) is 3.40. The van der Waals surface area contributed by atoms with Gasteiger partial charge in [0.05, 0.1) is 24.5 Å². The Balaban J connectivity index is 2.03. The summed E-state index contributed by atoms with van der Waals surface area (Å²) in [5, 5.41) is 6.35. The van der Waals surface area contributed by atoms with Gasteiger partial charge in [-0.15, -0.1) is 0 Å². The summed E-state index contributed by atoms with van der Waals surface area (Å²) < 4.78 is 4.80. The standard InChI is InChI=1S/C14H16N4O4/c1-3-22-13(20)9(2)16-17-10-4-6-11(7-5-10)18-12(19)8-15-14(18)21/h4-7,17H,3,8H2,1-2H3,(H,15,21)/b16-9-. The van der Waals surface area contributed by atoms with Gasteiger partial charge in [0.15, 0.2) is 0 Å². The molecule has 8 heteroatoms. The van der Waals surface area contributed by atoms with Gasteiger partial charge >= 0.3 is 12.0 Å².